The monoisotopic (exact) mass is 359 g/mol. The van der Waals surface area contributed by atoms with E-state index in [-0.39, 0.29) is 6.54 Å². The average molecular weight is 359 g/mol. The van der Waals surface area contributed by atoms with Crippen molar-refractivity contribution in [2.24, 2.45) is 0 Å². The Balaban J connectivity index is 1.80. The molecule has 1 aliphatic heterocycles. The molecule has 6 nitrogen and oxygen atoms in total. The number of carboxylic acids is 1. The molecule has 7 heteroatoms. The van der Waals surface area contributed by atoms with Crippen molar-refractivity contribution in [3.8, 4) is 11.5 Å². The molecule has 3 rings (SSSR count). The van der Waals surface area contributed by atoms with Crippen LogP contribution >= 0.6 is 0 Å². The molecule has 2 atom stereocenters. The van der Waals surface area contributed by atoms with Gasteiger partial charge in [-0.1, -0.05) is 24.3 Å². The summed E-state index contributed by atoms with van der Waals surface area (Å²) < 4.78 is 24.5. The predicted molar refractivity (Wildman–Crippen MR) is 90.4 cm³/mol. The highest BCUT2D eigenvalue weighted by Gasteiger charge is 2.37. The molecule has 1 N–H and O–H groups in total. The van der Waals surface area contributed by atoms with Crippen LogP contribution < -0.4 is 9.47 Å². The summed E-state index contributed by atoms with van der Waals surface area (Å²) in [6.45, 7) is 1.22. The van der Waals surface area contributed by atoms with E-state index in [2.05, 4.69) is 0 Å². The van der Waals surface area contributed by atoms with Gasteiger partial charge in [-0.15, -0.1) is 0 Å². The van der Waals surface area contributed by atoms with Crippen molar-refractivity contribution in [3.05, 3.63) is 59.9 Å². The Labute approximate surface area is 149 Å². The van der Waals surface area contributed by atoms with Gasteiger partial charge in [0.25, 0.3) is 5.91 Å². The standard InChI is InChI=1S/C19H18FNO5/c1-12-18(26-16-5-3-2-4-15(16)25-12)19(24)21(11-17(22)23)10-13-6-8-14(20)9-7-13/h2-9,12,18H,10-11H2,1H3,(H,22,23). The Kier molecular flexibility index (Phi) is 5.06. The molecule has 2 unspecified atom stereocenters. The van der Waals surface area contributed by atoms with Gasteiger partial charge in [-0.2, -0.15) is 0 Å². The fourth-order valence-corrected chi connectivity index (χ4v) is 2.76. The van der Waals surface area contributed by atoms with Crippen LogP contribution in [-0.4, -0.2) is 40.6 Å². The number of amides is 1. The van der Waals surface area contributed by atoms with Gasteiger partial charge in [0, 0.05) is 6.54 Å². The highest BCUT2D eigenvalue weighted by Crippen LogP contribution is 2.34. The van der Waals surface area contributed by atoms with Crippen molar-refractivity contribution in [2.75, 3.05) is 6.54 Å². The van der Waals surface area contributed by atoms with E-state index >= 15 is 0 Å². The van der Waals surface area contributed by atoms with Gasteiger partial charge in [0.05, 0.1) is 0 Å². The Bertz CT molecular complexity index is 808. The van der Waals surface area contributed by atoms with E-state index in [1.54, 1.807) is 31.2 Å². The molecule has 0 aromatic heterocycles. The fourth-order valence-electron chi connectivity index (χ4n) is 2.76. The molecule has 0 bridgehead atoms. The molecule has 0 saturated carbocycles. The van der Waals surface area contributed by atoms with Gasteiger partial charge in [-0.3, -0.25) is 9.59 Å². The number of carbonyl (C=O) groups is 2. The number of carboxylic acid groups (broad SMARTS) is 1. The fraction of sp³-hybridized carbons (Fsp3) is 0.263. The van der Waals surface area contributed by atoms with E-state index in [0.717, 1.165) is 4.90 Å². The Morgan fingerprint density at radius 3 is 2.31 bits per heavy atom. The maximum Gasteiger partial charge on any atom is 0.323 e. The van der Waals surface area contributed by atoms with Crippen molar-refractivity contribution in [1.29, 1.82) is 0 Å². The van der Waals surface area contributed by atoms with E-state index in [4.69, 9.17) is 14.6 Å². The minimum absolute atomic E-state index is 0.0274. The third-order valence-corrected chi connectivity index (χ3v) is 4.01. The lowest BCUT2D eigenvalue weighted by molar-refractivity contribution is -0.151. The van der Waals surface area contributed by atoms with Crippen molar-refractivity contribution >= 4 is 11.9 Å². The minimum Gasteiger partial charge on any atom is -0.482 e. The first-order chi connectivity index (χ1) is 12.4. The second kappa shape index (κ2) is 7.43. The van der Waals surface area contributed by atoms with E-state index in [0.29, 0.717) is 17.1 Å². The van der Waals surface area contributed by atoms with Gasteiger partial charge in [0.15, 0.2) is 11.5 Å². The highest BCUT2D eigenvalue weighted by molar-refractivity contribution is 5.85. The molecule has 1 amide bonds. The summed E-state index contributed by atoms with van der Waals surface area (Å²) in [7, 11) is 0. The van der Waals surface area contributed by atoms with Crippen molar-refractivity contribution in [1.82, 2.24) is 4.90 Å². The molecule has 2 aromatic carbocycles. The first kappa shape index (κ1) is 17.7. The lowest BCUT2D eigenvalue weighted by atomic mass is 10.1. The van der Waals surface area contributed by atoms with E-state index in [9.17, 15) is 14.0 Å². The Hall–Kier alpha value is -3.09. The lowest BCUT2D eigenvalue weighted by Crippen LogP contribution is -2.51. The summed E-state index contributed by atoms with van der Waals surface area (Å²) in [4.78, 5) is 25.3. The average Bonchev–Trinajstić information content (AvgIpc) is 2.61. The second-order valence-corrected chi connectivity index (χ2v) is 6.02. The minimum atomic E-state index is -1.15. The summed E-state index contributed by atoms with van der Waals surface area (Å²) in [5.74, 6) is -1.09. The van der Waals surface area contributed by atoms with Crippen LogP contribution in [0.15, 0.2) is 48.5 Å². The third kappa shape index (κ3) is 3.93. The molecule has 2 aromatic rings. The van der Waals surface area contributed by atoms with Crippen LogP contribution in [-0.2, 0) is 16.1 Å². The van der Waals surface area contributed by atoms with E-state index in [1.165, 1.54) is 24.3 Å². The SMILES string of the molecule is CC1Oc2ccccc2OC1C(=O)N(CC(=O)O)Cc1ccc(F)cc1. The smallest absolute Gasteiger partial charge is 0.323 e. The normalized spacial score (nSPS) is 18.2. The Morgan fingerprint density at radius 1 is 1.08 bits per heavy atom. The van der Waals surface area contributed by atoms with Crippen LogP contribution in [0.1, 0.15) is 12.5 Å². The molecule has 136 valence electrons. The maximum absolute atomic E-state index is 13.1. The molecule has 26 heavy (non-hydrogen) atoms. The van der Waals surface area contributed by atoms with Crippen LogP contribution in [0.4, 0.5) is 4.39 Å². The number of fused-ring (bicyclic) bond motifs is 1. The van der Waals surface area contributed by atoms with Crippen molar-refractivity contribution < 1.29 is 28.6 Å². The number of ether oxygens (including phenoxy) is 2. The van der Waals surface area contributed by atoms with E-state index in [1.807, 2.05) is 0 Å². The number of rotatable bonds is 5. The summed E-state index contributed by atoms with van der Waals surface area (Å²) in [6, 6.07) is 12.5. The molecule has 0 spiro atoms. The largest absolute Gasteiger partial charge is 0.482 e. The molecular formula is C19H18FNO5. The Morgan fingerprint density at radius 2 is 1.69 bits per heavy atom. The number of hydrogen-bond acceptors (Lipinski definition) is 4. The summed E-state index contributed by atoms with van der Waals surface area (Å²) >= 11 is 0. The topological polar surface area (TPSA) is 76.1 Å². The van der Waals surface area contributed by atoms with Gasteiger partial charge in [-0.25, -0.2) is 4.39 Å². The number of para-hydroxylation sites is 2. The number of aliphatic carboxylic acids is 1. The molecule has 1 aliphatic rings. The summed E-state index contributed by atoms with van der Waals surface area (Å²) in [6.07, 6.45) is -1.55. The third-order valence-electron chi connectivity index (χ3n) is 4.01. The predicted octanol–water partition coefficient (Wildman–Crippen LogP) is 2.47. The summed E-state index contributed by atoms with van der Waals surface area (Å²) in [5.41, 5.74) is 0.616. The van der Waals surface area contributed by atoms with Crippen molar-refractivity contribution in [2.45, 2.75) is 25.7 Å². The number of hydrogen-bond donors (Lipinski definition) is 1. The first-order valence-corrected chi connectivity index (χ1v) is 8.11. The first-order valence-electron chi connectivity index (χ1n) is 8.11. The van der Waals surface area contributed by atoms with Crippen LogP contribution in [0.3, 0.4) is 0 Å². The number of halogens is 1. The highest BCUT2D eigenvalue weighted by atomic mass is 19.1. The lowest BCUT2D eigenvalue weighted by Gasteiger charge is -2.34. The van der Waals surface area contributed by atoms with Gasteiger partial charge in [0.2, 0.25) is 6.10 Å². The second-order valence-electron chi connectivity index (χ2n) is 6.02. The maximum atomic E-state index is 13.1. The molecular weight excluding hydrogens is 341 g/mol. The molecule has 0 aliphatic carbocycles. The molecule has 1 heterocycles. The number of benzene rings is 2. The van der Waals surface area contributed by atoms with Gasteiger partial charge >= 0.3 is 5.97 Å². The van der Waals surface area contributed by atoms with Gasteiger partial charge in [-0.05, 0) is 36.8 Å². The van der Waals surface area contributed by atoms with Gasteiger partial charge in [0.1, 0.15) is 18.5 Å². The molecule has 0 saturated heterocycles. The molecule has 0 radical (unpaired) electrons. The van der Waals surface area contributed by atoms with Crippen LogP contribution in [0.25, 0.3) is 0 Å². The van der Waals surface area contributed by atoms with Crippen LogP contribution in [0.5, 0.6) is 11.5 Å². The van der Waals surface area contributed by atoms with Gasteiger partial charge < -0.3 is 19.5 Å². The van der Waals surface area contributed by atoms with E-state index < -0.39 is 36.4 Å². The molecule has 0 fully saturated rings. The zero-order valence-corrected chi connectivity index (χ0v) is 14.1. The number of carbonyl (C=O) groups excluding carboxylic acids is 1. The summed E-state index contributed by atoms with van der Waals surface area (Å²) in [5, 5.41) is 9.15. The van der Waals surface area contributed by atoms with Crippen LogP contribution in [0.2, 0.25) is 0 Å². The zero-order chi connectivity index (χ0) is 18.7. The quantitative estimate of drug-likeness (QED) is 0.888. The zero-order valence-electron chi connectivity index (χ0n) is 14.1. The number of nitrogens with zero attached hydrogens (tertiary/aromatic N) is 1. The van der Waals surface area contributed by atoms with Crippen LogP contribution in [0, 0.1) is 5.82 Å². The van der Waals surface area contributed by atoms with Crippen molar-refractivity contribution in [3.63, 3.8) is 0 Å².